The summed E-state index contributed by atoms with van der Waals surface area (Å²) in [5.41, 5.74) is 6.08. The highest BCUT2D eigenvalue weighted by atomic mass is 16.3. The van der Waals surface area contributed by atoms with Gasteiger partial charge in [-0.2, -0.15) is 0 Å². The van der Waals surface area contributed by atoms with Gasteiger partial charge in [-0.15, -0.1) is 0 Å². The summed E-state index contributed by atoms with van der Waals surface area (Å²) >= 11 is 0. The van der Waals surface area contributed by atoms with Gasteiger partial charge in [0.2, 0.25) is 0 Å². The van der Waals surface area contributed by atoms with Gasteiger partial charge in [0.05, 0.1) is 6.61 Å². The zero-order valence-corrected chi connectivity index (χ0v) is 6.64. The fourth-order valence-corrected chi connectivity index (χ4v) is 1.68. The maximum Gasteiger partial charge on any atom is 0.0582 e. The van der Waals surface area contributed by atoms with Gasteiger partial charge in [0.25, 0.3) is 0 Å². The average Bonchev–Trinajstić information content (AvgIpc) is 1.84. The molecule has 0 unspecified atom stereocenters. The van der Waals surface area contributed by atoms with E-state index in [1.807, 2.05) is 0 Å². The largest absolute Gasteiger partial charge is 0.395 e. The van der Waals surface area contributed by atoms with Crippen molar-refractivity contribution in [1.29, 1.82) is 0 Å². The number of hydrogen-bond donors (Lipinski definition) is 2. The minimum atomic E-state index is 0.00491. The molecule has 1 fully saturated rings. The Labute approximate surface area is 62.4 Å². The predicted molar refractivity (Wildman–Crippen MR) is 41.6 cm³/mol. The number of aliphatic hydroxyl groups excluding tert-OH is 1. The smallest absolute Gasteiger partial charge is 0.0582 e. The molecule has 1 saturated carbocycles. The molecule has 0 aromatic rings. The summed E-state index contributed by atoms with van der Waals surface area (Å²) in [6.07, 6.45) is 4.92. The van der Waals surface area contributed by atoms with E-state index in [1.54, 1.807) is 0 Å². The molecule has 2 heteroatoms. The van der Waals surface area contributed by atoms with Crippen molar-refractivity contribution < 1.29 is 5.11 Å². The van der Waals surface area contributed by atoms with Crippen molar-refractivity contribution in [3.8, 4) is 0 Å². The normalized spacial score (nSPS) is 25.5. The van der Waals surface area contributed by atoms with Crippen LogP contribution in [0.15, 0.2) is 0 Å². The Kier molecular flexibility index (Phi) is 2.32. The van der Waals surface area contributed by atoms with Crippen LogP contribution in [0.1, 0.15) is 32.6 Å². The molecule has 0 heterocycles. The third-order valence-corrected chi connectivity index (χ3v) is 2.55. The summed E-state index contributed by atoms with van der Waals surface area (Å²) in [4.78, 5) is 0. The third kappa shape index (κ3) is 1.70. The van der Waals surface area contributed by atoms with Crippen LogP contribution in [0.2, 0.25) is 0 Å². The van der Waals surface area contributed by atoms with Crippen molar-refractivity contribution in [3.63, 3.8) is 0 Å². The molecule has 0 amide bonds. The molecule has 1 aliphatic rings. The van der Waals surface area contributed by atoms with Gasteiger partial charge in [-0.25, -0.2) is 0 Å². The van der Waals surface area contributed by atoms with Crippen LogP contribution in [0.5, 0.6) is 0 Å². The van der Waals surface area contributed by atoms with E-state index in [0.717, 1.165) is 6.42 Å². The third-order valence-electron chi connectivity index (χ3n) is 2.55. The van der Waals surface area contributed by atoms with Gasteiger partial charge in [0, 0.05) is 6.04 Å². The van der Waals surface area contributed by atoms with Gasteiger partial charge in [-0.05, 0) is 24.7 Å². The van der Waals surface area contributed by atoms with E-state index in [1.165, 1.54) is 19.3 Å². The van der Waals surface area contributed by atoms with E-state index in [9.17, 15) is 0 Å². The molecular weight excluding hydrogens is 126 g/mol. The molecule has 2 nitrogen and oxygen atoms in total. The maximum atomic E-state index is 8.69. The molecule has 0 aromatic carbocycles. The lowest BCUT2D eigenvalue weighted by Crippen LogP contribution is -2.36. The molecule has 1 aliphatic carbocycles. The van der Waals surface area contributed by atoms with E-state index in [0.29, 0.717) is 5.41 Å². The first-order chi connectivity index (χ1) is 4.66. The zero-order valence-electron chi connectivity index (χ0n) is 6.64. The first-order valence-electron chi connectivity index (χ1n) is 4.03. The van der Waals surface area contributed by atoms with E-state index in [4.69, 9.17) is 10.8 Å². The zero-order chi connectivity index (χ0) is 7.61. The molecule has 0 saturated heterocycles. The van der Waals surface area contributed by atoms with Crippen molar-refractivity contribution in [2.75, 3.05) is 6.61 Å². The van der Waals surface area contributed by atoms with Crippen LogP contribution >= 0.6 is 0 Å². The van der Waals surface area contributed by atoms with Gasteiger partial charge in [-0.3, -0.25) is 0 Å². The summed E-state index contributed by atoms with van der Waals surface area (Å²) in [5.74, 6) is 0. The fraction of sp³-hybridized carbons (Fsp3) is 1.00. The van der Waals surface area contributed by atoms with Crippen LogP contribution in [0.25, 0.3) is 0 Å². The van der Waals surface area contributed by atoms with Crippen LogP contribution in [0.4, 0.5) is 0 Å². The Balaban J connectivity index is 2.22. The Bertz CT molecular complexity index is 110. The summed E-state index contributed by atoms with van der Waals surface area (Å²) in [5, 5.41) is 8.69. The molecular formula is C8H17NO. The van der Waals surface area contributed by atoms with Crippen LogP contribution in [-0.2, 0) is 0 Å². The molecule has 3 N–H and O–H groups in total. The second kappa shape index (κ2) is 2.89. The summed E-state index contributed by atoms with van der Waals surface area (Å²) < 4.78 is 0. The minimum absolute atomic E-state index is 0.00491. The Hall–Kier alpha value is -0.0800. The molecule has 1 rings (SSSR count). The summed E-state index contributed by atoms with van der Waals surface area (Å²) in [7, 11) is 0. The summed E-state index contributed by atoms with van der Waals surface area (Å²) in [6.45, 7) is 2.39. The standard InChI is InChI=1S/C8H17NO/c1-8(3-2-4-8)5-7(9)6-10/h7,10H,2-6,9H2,1H3/t7-/m1/s1. The number of rotatable bonds is 3. The highest BCUT2D eigenvalue weighted by Gasteiger charge is 2.32. The van der Waals surface area contributed by atoms with Gasteiger partial charge in [-0.1, -0.05) is 13.3 Å². The first kappa shape index (κ1) is 8.02. The van der Waals surface area contributed by atoms with Gasteiger partial charge >= 0.3 is 0 Å². The van der Waals surface area contributed by atoms with Gasteiger partial charge in [0.1, 0.15) is 0 Å². The quantitative estimate of drug-likeness (QED) is 0.616. The number of hydrogen-bond acceptors (Lipinski definition) is 2. The fourth-order valence-electron chi connectivity index (χ4n) is 1.68. The lowest BCUT2D eigenvalue weighted by atomic mass is 9.67. The number of nitrogens with two attached hydrogens (primary N) is 1. The predicted octanol–water partition coefficient (Wildman–Crippen LogP) is 0.886. The van der Waals surface area contributed by atoms with Crippen molar-refractivity contribution in [1.82, 2.24) is 0 Å². The Morgan fingerprint density at radius 1 is 1.60 bits per heavy atom. The molecule has 1 atom stereocenters. The van der Waals surface area contributed by atoms with Crippen LogP contribution in [0, 0.1) is 5.41 Å². The van der Waals surface area contributed by atoms with E-state index >= 15 is 0 Å². The van der Waals surface area contributed by atoms with E-state index in [2.05, 4.69) is 6.92 Å². The highest BCUT2D eigenvalue weighted by molar-refractivity contribution is 4.86. The average molecular weight is 143 g/mol. The SMILES string of the molecule is CC1(C[C@@H](N)CO)CCC1. The Morgan fingerprint density at radius 3 is 2.50 bits per heavy atom. The summed E-state index contributed by atoms with van der Waals surface area (Å²) in [6, 6.07) is 0.00491. The molecule has 0 aromatic heterocycles. The second-order valence-electron chi connectivity index (χ2n) is 3.81. The van der Waals surface area contributed by atoms with Crippen LogP contribution < -0.4 is 5.73 Å². The van der Waals surface area contributed by atoms with Crippen LogP contribution in [0.3, 0.4) is 0 Å². The lowest BCUT2D eigenvalue weighted by molar-refractivity contribution is 0.116. The van der Waals surface area contributed by atoms with Crippen molar-refractivity contribution >= 4 is 0 Å². The van der Waals surface area contributed by atoms with Crippen LogP contribution in [-0.4, -0.2) is 17.8 Å². The first-order valence-corrected chi connectivity index (χ1v) is 4.03. The topological polar surface area (TPSA) is 46.2 Å². The molecule has 0 aliphatic heterocycles. The molecule has 0 radical (unpaired) electrons. The highest BCUT2D eigenvalue weighted by Crippen LogP contribution is 2.43. The maximum absolute atomic E-state index is 8.69. The van der Waals surface area contributed by atoms with Gasteiger partial charge < -0.3 is 10.8 Å². The Morgan fingerprint density at radius 2 is 2.20 bits per heavy atom. The van der Waals surface area contributed by atoms with Crippen molar-refractivity contribution in [2.45, 2.75) is 38.6 Å². The molecule has 0 spiro atoms. The van der Waals surface area contributed by atoms with E-state index < -0.39 is 0 Å². The minimum Gasteiger partial charge on any atom is -0.395 e. The number of aliphatic hydroxyl groups is 1. The lowest BCUT2D eigenvalue weighted by Gasteiger charge is -2.39. The van der Waals surface area contributed by atoms with Gasteiger partial charge in [0.15, 0.2) is 0 Å². The molecule has 60 valence electrons. The monoisotopic (exact) mass is 143 g/mol. The van der Waals surface area contributed by atoms with Crippen molar-refractivity contribution in [3.05, 3.63) is 0 Å². The molecule has 10 heavy (non-hydrogen) atoms. The molecule has 0 bridgehead atoms. The van der Waals surface area contributed by atoms with E-state index in [-0.39, 0.29) is 12.6 Å². The van der Waals surface area contributed by atoms with Crippen molar-refractivity contribution in [2.24, 2.45) is 11.1 Å². The second-order valence-corrected chi connectivity index (χ2v) is 3.81.